The molecule has 0 aliphatic carbocycles. The molecule has 1 heterocycles. The maximum absolute atomic E-state index is 13.0. The van der Waals surface area contributed by atoms with Crippen LogP contribution in [0.5, 0.6) is 0 Å². The summed E-state index contributed by atoms with van der Waals surface area (Å²) in [6, 6.07) is 15.0. The molecule has 1 aliphatic heterocycles. The molecule has 1 fully saturated rings. The Kier molecular flexibility index (Phi) is 6.83. The van der Waals surface area contributed by atoms with E-state index in [0.717, 1.165) is 12.1 Å². The third-order valence-corrected chi connectivity index (χ3v) is 5.84. The number of nitrogens with zero attached hydrogens (tertiary/aromatic N) is 3. The Morgan fingerprint density at radius 2 is 2.00 bits per heavy atom. The first-order valence-corrected chi connectivity index (χ1v) is 10.4. The Balaban J connectivity index is 1.75. The summed E-state index contributed by atoms with van der Waals surface area (Å²) in [7, 11) is 0. The third kappa shape index (κ3) is 5.04. The number of hydrogen-bond donors (Lipinski definition) is 1. The zero-order valence-corrected chi connectivity index (χ0v) is 17.5. The zero-order valence-electron chi connectivity index (χ0n) is 16.6. The van der Waals surface area contributed by atoms with E-state index in [1.807, 2.05) is 44.2 Å². The van der Waals surface area contributed by atoms with Crippen molar-refractivity contribution >= 4 is 45.8 Å². The van der Waals surface area contributed by atoms with Crippen molar-refractivity contribution in [1.29, 1.82) is 0 Å². The summed E-state index contributed by atoms with van der Waals surface area (Å²) in [5.41, 5.74) is 0.948. The van der Waals surface area contributed by atoms with Gasteiger partial charge >= 0.3 is 0 Å². The van der Waals surface area contributed by atoms with Crippen molar-refractivity contribution in [2.24, 2.45) is 4.99 Å². The van der Waals surface area contributed by atoms with Gasteiger partial charge in [-0.05, 0) is 31.5 Å². The molecule has 0 unspecified atom stereocenters. The number of rotatable bonds is 7. The molecule has 0 saturated carbocycles. The normalized spacial score (nSPS) is 18.5. The van der Waals surface area contributed by atoms with Gasteiger partial charge in [0.2, 0.25) is 11.8 Å². The number of amides is 2. The molecule has 0 radical (unpaired) electrons. The number of anilines is 1. The van der Waals surface area contributed by atoms with Crippen molar-refractivity contribution in [1.82, 2.24) is 4.90 Å². The second-order valence-electron chi connectivity index (χ2n) is 6.86. The predicted molar refractivity (Wildman–Crippen MR) is 118 cm³/mol. The number of non-ortho nitro benzene ring substituents is 1. The van der Waals surface area contributed by atoms with Crippen LogP contribution in [0.15, 0.2) is 59.6 Å². The number of carbonyl (C=O) groups excluding carboxylic acids is 2. The summed E-state index contributed by atoms with van der Waals surface area (Å²) in [4.78, 5) is 42.1. The second kappa shape index (κ2) is 9.53. The lowest BCUT2D eigenvalue weighted by atomic mass is 10.2. The fourth-order valence-electron chi connectivity index (χ4n) is 2.97. The minimum atomic E-state index is -0.597. The van der Waals surface area contributed by atoms with Crippen molar-refractivity contribution in [2.75, 3.05) is 5.32 Å². The van der Waals surface area contributed by atoms with Crippen LogP contribution in [-0.2, 0) is 9.59 Å². The van der Waals surface area contributed by atoms with Crippen LogP contribution in [0.3, 0.4) is 0 Å². The van der Waals surface area contributed by atoms with E-state index < -0.39 is 10.2 Å². The molecule has 3 rings (SSSR count). The molecule has 156 valence electrons. The molecule has 0 aromatic heterocycles. The van der Waals surface area contributed by atoms with Crippen molar-refractivity contribution in [3.05, 3.63) is 64.7 Å². The highest BCUT2D eigenvalue weighted by Crippen LogP contribution is 2.34. The summed E-state index contributed by atoms with van der Waals surface area (Å²) >= 11 is 1.27. The summed E-state index contributed by atoms with van der Waals surface area (Å²) in [5.74, 6) is -0.537. The van der Waals surface area contributed by atoms with Gasteiger partial charge in [0.25, 0.3) is 5.69 Å². The quantitative estimate of drug-likeness (QED) is 0.523. The van der Waals surface area contributed by atoms with Crippen LogP contribution in [0.1, 0.15) is 26.7 Å². The van der Waals surface area contributed by atoms with E-state index in [9.17, 15) is 19.7 Å². The summed E-state index contributed by atoms with van der Waals surface area (Å²) in [5, 5.41) is 13.5. The van der Waals surface area contributed by atoms with Gasteiger partial charge in [0.1, 0.15) is 5.25 Å². The molecular weight excluding hydrogens is 404 g/mol. The van der Waals surface area contributed by atoms with E-state index in [0.29, 0.717) is 10.9 Å². The van der Waals surface area contributed by atoms with Crippen LogP contribution in [0.25, 0.3) is 0 Å². The molecule has 0 spiro atoms. The maximum atomic E-state index is 13.0. The lowest BCUT2D eigenvalue weighted by Gasteiger charge is -2.23. The Bertz CT molecular complexity index is 980. The number of nitro benzene ring substituents is 1. The molecule has 2 amide bonds. The number of hydrogen-bond acceptors (Lipinski definition) is 6. The first kappa shape index (κ1) is 21.5. The molecule has 1 aliphatic rings. The Hall–Kier alpha value is -3.20. The number of para-hydroxylation sites is 1. The van der Waals surface area contributed by atoms with Crippen molar-refractivity contribution in [2.45, 2.75) is 38.0 Å². The number of thioether (sulfide) groups is 1. The van der Waals surface area contributed by atoms with Crippen LogP contribution >= 0.6 is 11.8 Å². The number of benzene rings is 2. The van der Waals surface area contributed by atoms with Gasteiger partial charge in [-0.1, -0.05) is 43.0 Å². The average Bonchev–Trinajstić information content (AvgIpc) is 3.02. The minimum absolute atomic E-state index is 0.0442. The average molecular weight is 426 g/mol. The number of aliphatic imine (C=N–C) groups is 1. The molecular formula is C21H22N4O4S. The van der Waals surface area contributed by atoms with Crippen molar-refractivity contribution < 1.29 is 14.5 Å². The van der Waals surface area contributed by atoms with E-state index >= 15 is 0 Å². The monoisotopic (exact) mass is 426 g/mol. The fourth-order valence-corrected chi connectivity index (χ4v) is 4.22. The lowest BCUT2D eigenvalue weighted by molar-refractivity contribution is -0.384. The molecule has 30 heavy (non-hydrogen) atoms. The summed E-state index contributed by atoms with van der Waals surface area (Å²) in [6.45, 7) is 3.94. The number of amidine groups is 1. The Labute approximate surface area is 178 Å². The number of carbonyl (C=O) groups is 2. The Morgan fingerprint density at radius 3 is 2.67 bits per heavy atom. The van der Waals surface area contributed by atoms with Gasteiger partial charge in [-0.3, -0.25) is 24.6 Å². The minimum Gasteiger partial charge on any atom is -0.326 e. The predicted octanol–water partition coefficient (Wildman–Crippen LogP) is 4.35. The molecule has 1 saturated heterocycles. The van der Waals surface area contributed by atoms with Crippen LogP contribution in [0.4, 0.5) is 17.1 Å². The number of nitrogens with one attached hydrogen (secondary N) is 1. The number of nitro groups is 1. The van der Waals surface area contributed by atoms with Crippen LogP contribution < -0.4 is 5.32 Å². The molecule has 2 aromatic carbocycles. The molecule has 2 aromatic rings. The fraction of sp³-hybridized carbons (Fsp3) is 0.286. The largest absolute Gasteiger partial charge is 0.326 e. The van der Waals surface area contributed by atoms with Gasteiger partial charge in [0.05, 0.1) is 10.6 Å². The molecule has 0 bridgehead atoms. The van der Waals surface area contributed by atoms with E-state index in [1.54, 1.807) is 11.0 Å². The van der Waals surface area contributed by atoms with E-state index in [4.69, 9.17) is 0 Å². The van der Waals surface area contributed by atoms with Crippen molar-refractivity contribution in [3.8, 4) is 0 Å². The highest BCUT2D eigenvalue weighted by Gasteiger charge is 2.41. The van der Waals surface area contributed by atoms with Crippen molar-refractivity contribution in [3.63, 3.8) is 0 Å². The van der Waals surface area contributed by atoms with Gasteiger partial charge in [0.15, 0.2) is 5.17 Å². The standard InChI is InChI=1S/C21H22N4O4S/c1-3-14(2)24-20(27)18(30-21(24)23-15-8-5-4-6-9-15)13-19(26)22-16-10-7-11-17(12-16)25(28)29/h4-12,14,18H,3,13H2,1-2H3,(H,22,26)/t14-,18+/m1/s1. The van der Waals surface area contributed by atoms with Gasteiger partial charge in [-0.15, -0.1) is 0 Å². The lowest BCUT2D eigenvalue weighted by Crippen LogP contribution is -2.39. The van der Waals surface area contributed by atoms with E-state index in [-0.39, 0.29) is 30.0 Å². The molecule has 2 atom stereocenters. The third-order valence-electron chi connectivity index (χ3n) is 4.69. The van der Waals surface area contributed by atoms with Crippen LogP contribution in [0, 0.1) is 10.1 Å². The first-order chi connectivity index (χ1) is 14.4. The summed E-state index contributed by atoms with van der Waals surface area (Å²) < 4.78 is 0. The smallest absolute Gasteiger partial charge is 0.271 e. The van der Waals surface area contributed by atoms with Crippen LogP contribution in [-0.4, -0.2) is 38.1 Å². The van der Waals surface area contributed by atoms with Gasteiger partial charge in [-0.25, -0.2) is 4.99 Å². The van der Waals surface area contributed by atoms with Crippen LogP contribution in [0.2, 0.25) is 0 Å². The topological polar surface area (TPSA) is 105 Å². The zero-order chi connectivity index (χ0) is 21.7. The molecule has 9 heteroatoms. The Morgan fingerprint density at radius 1 is 1.27 bits per heavy atom. The van der Waals surface area contributed by atoms with Gasteiger partial charge in [0, 0.05) is 30.3 Å². The van der Waals surface area contributed by atoms with E-state index in [2.05, 4.69) is 10.3 Å². The highest BCUT2D eigenvalue weighted by molar-refractivity contribution is 8.15. The molecule has 8 nitrogen and oxygen atoms in total. The summed E-state index contributed by atoms with van der Waals surface area (Å²) in [6.07, 6.45) is 0.708. The van der Waals surface area contributed by atoms with Gasteiger partial charge < -0.3 is 5.32 Å². The second-order valence-corrected chi connectivity index (χ2v) is 8.03. The van der Waals surface area contributed by atoms with Gasteiger partial charge in [-0.2, -0.15) is 0 Å². The maximum Gasteiger partial charge on any atom is 0.271 e. The molecule has 1 N–H and O–H groups in total. The highest BCUT2D eigenvalue weighted by atomic mass is 32.2. The first-order valence-electron chi connectivity index (χ1n) is 9.56. The SMILES string of the molecule is CC[C@@H](C)N1C(=O)[C@H](CC(=O)Nc2cccc([N+](=O)[O-])c2)SC1=Nc1ccccc1. The van der Waals surface area contributed by atoms with E-state index in [1.165, 1.54) is 30.0 Å².